The number of hydrogen-bond acceptors (Lipinski definition) is 4. The molecule has 0 radical (unpaired) electrons. The lowest BCUT2D eigenvalue weighted by molar-refractivity contribution is 0.122. The Kier molecular flexibility index (Phi) is 6.52. The number of pyridine rings is 1. The molecule has 1 heterocycles. The molecule has 150 valence electrons. The van der Waals surface area contributed by atoms with Crippen LogP contribution in [0.15, 0.2) is 36.5 Å². The lowest BCUT2D eigenvalue weighted by atomic mass is 9.90. The fourth-order valence-corrected chi connectivity index (χ4v) is 3.90. The summed E-state index contributed by atoms with van der Waals surface area (Å²) in [6.45, 7) is 2.72. The van der Waals surface area contributed by atoms with E-state index >= 15 is 0 Å². The molecular formula is C22H29N3O3. The Morgan fingerprint density at radius 1 is 1.21 bits per heavy atom. The van der Waals surface area contributed by atoms with Gasteiger partial charge in [0.25, 0.3) is 0 Å². The van der Waals surface area contributed by atoms with Gasteiger partial charge in [-0.05, 0) is 68.0 Å². The second-order valence-electron chi connectivity index (χ2n) is 7.49. The number of carboxylic acid groups (broad SMARTS) is 1. The van der Waals surface area contributed by atoms with Gasteiger partial charge in [0.05, 0.1) is 7.11 Å². The Morgan fingerprint density at radius 3 is 2.57 bits per heavy atom. The van der Waals surface area contributed by atoms with Crippen LogP contribution in [-0.2, 0) is 6.54 Å². The van der Waals surface area contributed by atoms with E-state index in [2.05, 4.69) is 28.5 Å². The summed E-state index contributed by atoms with van der Waals surface area (Å²) in [6.07, 6.45) is 4.74. The maximum absolute atomic E-state index is 11.1. The zero-order chi connectivity index (χ0) is 20.1. The van der Waals surface area contributed by atoms with Crippen LogP contribution in [0.25, 0.3) is 11.1 Å². The van der Waals surface area contributed by atoms with Gasteiger partial charge < -0.3 is 20.1 Å². The van der Waals surface area contributed by atoms with Crippen molar-refractivity contribution < 1.29 is 14.6 Å². The highest BCUT2D eigenvalue weighted by atomic mass is 16.5. The summed E-state index contributed by atoms with van der Waals surface area (Å²) in [4.78, 5) is 16.8. The standard InChI is InChI=1S/C22H29N3O3/c1-15-12-17(10-11-23-15)16-4-9-21(28-3)18(13-16)14-24-19-5-7-20(8-6-19)25(2)22(26)27/h4,9-13,19-20,24H,5-8,14H2,1-3H3,(H,26,27). The van der Waals surface area contributed by atoms with Gasteiger partial charge in [0.2, 0.25) is 0 Å². The average molecular weight is 383 g/mol. The third-order valence-electron chi connectivity index (χ3n) is 5.64. The van der Waals surface area contributed by atoms with Crippen LogP contribution in [0.3, 0.4) is 0 Å². The van der Waals surface area contributed by atoms with E-state index in [1.807, 2.05) is 25.3 Å². The van der Waals surface area contributed by atoms with Gasteiger partial charge in [-0.25, -0.2) is 4.79 Å². The van der Waals surface area contributed by atoms with E-state index in [1.165, 1.54) is 4.90 Å². The SMILES string of the molecule is COc1ccc(-c2ccnc(C)c2)cc1CNC1CCC(N(C)C(=O)O)CC1. The number of hydrogen-bond donors (Lipinski definition) is 2. The number of nitrogens with one attached hydrogen (secondary N) is 1. The summed E-state index contributed by atoms with van der Waals surface area (Å²) >= 11 is 0. The summed E-state index contributed by atoms with van der Waals surface area (Å²) in [7, 11) is 3.36. The van der Waals surface area contributed by atoms with E-state index in [9.17, 15) is 4.79 Å². The Bertz CT molecular complexity index is 816. The molecule has 3 rings (SSSR count). The largest absolute Gasteiger partial charge is 0.496 e. The van der Waals surface area contributed by atoms with Gasteiger partial charge in [-0.1, -0.05) is 6.07 Å². The second-order valence-corrected chi connectivity index (χ2v) is 7.49. The van der Waals surface area contributed by atoms with Gasteiger partial charge in [-0.3, -0.25) is 4.98 Å². The zero-order valence-corrected chi connectivity index (χ0v) is 16.8. The number of amides is 1. The summed E-state index contributed by atoms with van der Waals surface area (Å²) in [5, 5.41) is 12.8. The number of methoxy groups -OCH3 is 1. The molecule has 1 saturated carbocycles. The van der Waals surface area contributed by atoms with Crippen LogP contribution in [0.2, 0.25) is 0 Å². The number of aromatic nitrogens is 1. The van der Waals surface area contributed by atoms with Crippen molar-refractivity contribution in [1.29, 1.82) is 0 Å². The number of aryl methyl sites for hydroxylation is 1. The van der Waals surface area contributed by atoms with E-state index in [1.54, 1.807) is 14.2 Å². The Morgan fingerprint density at radius 2 is 1.93 bits per heavy atom. The maximum atomic E-state index is 11.1. The molecule has 0 atom stereocenters. The van der Waals surface area contributed by atoms with Gasteiger partial charge in [-0.2, -0.15) is 0 Å². The molecule has 0 unspecified atom stereocenters. The number of rotatable bonds is 6. The third kappa shape index (κ3) is 4.81. The Balaban J connectivity index is 1.64. The molecule has 6 nitrogen and oxygen atoms in total. The van der Waals surface area contributed by atoms with Crippen molar-refractivity contribution in [3.8, 4) is 16.9 Å². The molecule has 0 saturated heterocycles. The molecule has 28 heavy (non-hydrogen) atoms. The molecule has 1 aromatic heterocycles. The van der Waals surface area contributed by atoms with Gasteiger partial charge >= 0.3 is 6.09 Å². The monoisotopic (exact) mass is 383 g/mol. The Labute approximate surface area is 166 Å². The smallest absolute Gasteiger partial charge is 0.407 e. The fourth-order valence-electron chi connectivity index (χ4n) is 3.90. The van der Waals surface area contributed by atoms with E-state index < -0.39 is 6.09 Å². The van der Waals surface area contributed by atoms with Gasteiger partial charge in [-0.15, -0.1) is 0 Å². The summed E-state index contributed by atoms with van der Waals surface area (Å²) in [5.41, 5.74) is 4.42. The zero-order valence-electron chi connectivity index (χ0n) is 16.8. The molecule has 2 N–H and O–H groups in total. The summed E-state index contributed by atoms with van der Waals surface area (Å²) in [6, 6.07) is 10.9. The minimum absolute atomic E-state index is 0.128. The lowest BCUT2D eigenvalue weighted by Crippen LogP contribution is -2.42. The average Bonchev–Trinajstić information content (AvgIpc) is 2.71. The third-order valence-corrected chi connectivity index (χ3v) is 5.64. The predicted octanol–water partition coefficient (Wildman–Crippen LogP) is 4.08. The van der Waals surface area contributed by atoms with E-state index in [4.69, 9.17) is 9.84 Å². The lowest BCUT2D eigenvalue weighted by Gasteiger charge is -2.33. The predicted molar refractivity (Wildman–Crippen MR) is 110 cm³/mol. The molecule has 1 aromatic carbocycles. The normalized spacial score (nSPS) is 19.2. The topological polar surface area (TPSA) is 74.7 Å². The van der Waals surface area contributed by atoms with Gasteiger partial charge in [0.15, 0.2) is 0 Å². The van der Waals surface area contributed by atoms with Crippen LogP contribution in [0, 0.1) is 6.92 Å². The van der Waals surface area contributed by atoms with Crippen molar-refractivity contribution in [3.05, 3.63) is 47.8 Å². The van der Waals surface area contributed by atoms with Crippen LogP contribution in [0.1, 0.15) is 36.9 Å². The summed E-state index contributed by atoms with van der Waals surface area (Å²) < 4.78 is 5.55. The molecule has 6 heteroatoms. The van der Waals surface area contributed by atoms with Crippen molar-refractivity contribution in [2.45, 2.75) is 51.2 Å². The minimum Gasteiger partial charge on any atom is -0.496 e. The molecule has 1 amide bonds. The molecule has 2 aromatic rings. The highest BCUT2D eigenvalue weighted by Crippen LogP contribution is 2.28. The number of ether oxygens (including phenoxy) is 1. The van der Waals surface area contributed by atoms with Crippen LogP contribution in [0.5, 0.6) is 5.75 Å². The van der Waals surface area contributed by atoms with Crippen molar-refractivity contribution in [2.24, 2.45) is 0 Å². The fraction of sp³-hybridized carbons (Fsp3) is 0.455. The van der Waals surface area contributed by atoms with Crippen molar-refractivity contribution >= 4 is 6.09 Å². The first-order valence-electron chi connectivity index (χ1n) is 9.77. The quantitative estimate of drug-likeness (QED) is 0.786. The molecule has 0 bridgehead atoms. The first-order chi connectivity index (χ1) is 13.5. The minimum atomic E-state index is -0.843. The maximum Gasteiger partial charge on any atom is 0.407 e. The number of carbonyl (C=O) groups is 1. The highest BCUT2D eigenvalue weighted by Gasteiger charge is 2.26. The highest BCUT2D eigenvalue weighted by molar-refractivity contribution is 5.66. The van der Waals surface area contributed by atoms with Gasteiger partial charge in [0.1, 0.15) is 5.75 Å². The first kappa shape index (κ1) is 20.1. The van der Waals surface area contributed by atoms with Crippen molar-refractivity contribution in [2.75, 3.05) is 14.2 Å². The Hall–Kier alpha value is -2.60. The van der Waals surface area contributed by atoms with Crippen LogP contribution >= 0.6 is 0 Å². The van der Waals surface area contributed by atoms with Gasteiger partial charge in [0, 0.05) is 43.1 Å². The van der Waals surface area contributed by atoms with Crippen LogP contribution < -0.4 is 10.1 Å². The van der Waals surface area contributed by atoms with E-state index in [0.29, 0.717) is 6.04 Å². The molecule has 0 spiro atoms. The van der Waals surface area contributed by atoms with Crippen molar-refractivity contribution in [3.63, 3.8) is 0 Å². The van der Waals surface area contributed by atoms with E-state index in [-0.39, 0.29) is 6.04 Å². The molecule has 0 aliphatic heterocycles. The van der Waals surface area contributed by atoms with E-state index in [0.717, 1.165) is 60.4 Å². The molecule has 1 aliphatic rings. The molecule has 1 fully saturated rings. The summed E-state index contributed by atoms with van der Waals surface area (Å²) in [5.74, 6) is 0.876. The van der Waals surface area contributed by atoms with Crippen LogP contribution in [-0.4, -0.2) is 47.3 Å². The van der Waals surface area contributed by atoms with Crippen molar-refractivity contribution in [1.82, 2.24) is 15.2 Å². The van der Waals surface area contributed by atoms with Crippen LogP contribution in [0.4, 0.5) is 4.79 Å². The number of benzene rings is 1. The molecular weight excluding hydrogens is 354 g/mol. The number of nitrogens with zero attached hydrogens (tertiary/aromatic N) is 2. The first-order valence-corrected chi connectivity index (χ1v) is 9.77. The second kappa shape index (κ2) is 9.06. The molecule has 1 aliphatic carbocycles.